The van der Waals surface area contributed by atoms with Gasteiger partial charge in [-0.25, -0.2) is 0 Å². The second-order valence-corrected chi connectivity index (χ2v) is 2.60. The minimum absolute atomic E-state index is 0.663. The van der Waals surface area contributed by atoms with Crippen LogP contribution in [0.4, 0.5) is 5.69 Å². The van der Waals surface area contributed by atoms with E-state index in [1.165, 1.54) is 0 Å². The molecule has 0 aliphatic heterocycles. The van der Waals surface area contributed by atoms with Crippen molar-refractivity contribution in [1.29, 1.82) is 0 Å². The number of hydrogen-bond donors (Lipinski definition) is 2. The number of hydrogen-bond acceptors (Lipinski definition) is 3. The fraction of sp³-hybridized carbons (Fsp3) is 0.250. The Hall–Kier alpha value is -1.58. The van der Waals surface area contributed by atoms with Gasteiger partial charge in [-0.2, -0.15) is 0 Å². The molecule has 4 heteroatoms. The zero-order valence-electron chi connectivity index (χ0n) is 6.87. The van der Waals surface area contributed by atoms with E-state index in [9.17, 15) is 0 Å². The third-order valence-electron chi connectivity index (χ3n) is 1.76. The molecule has 0 radical (unpaired) electrons. The Morgan fingerprint density at radius 3 is 3.25 bits per heavy atom. The molecule has 0 aliphatic rings. The van der Waals surface area contributed by atoms with Crippen molar-refractivity contribution in [2.45, 2.75) is 6.92 Å². The molecule has 4 nitrogen and oxygen atoms in total. The summed E-state index contributed by atoms with van der Waals surface area (Å²) in [6.45, 7) is 2.89. The van der Waals surface area contributed by atoms with E-state index in [1.807, 2.05) is 23.9 Å². The summed E-state index contributed by atoms with van der Waals surface area (Å²) in [5.74, 6) is 0. The van der Waals surface area contributed by atoms with Crippen molar-refractivity contribution in [3.63, 3.8) is 0 Å². The van der Waals surface area contributed by atoms with Crippen molar-refractivity contribution in [2.24, 2.45) is 0 Å². The fourth-order valence-electron chi connectivity index (χ4n) is 1.28. The number of aromatic nitrogens is 1. The minimum Gasteiger partial charge on any atom is -0.460 e. The summed E-state index contributed by atoms with van der Waals surface area (Å²) in [6, 6.07) is 1.88. The summed E-state index contributed by atoms with van der Waals surface area (Å²) in [6.07, 6.45) is 3.45. The van der Waals surface area contributed by atoms with Crippen molar-refractivity contribution >= 4 is 16.8 Å². The van der Waals surface area contributed by atoms with Crippen LogP contribution >= 0.6 is 0 Å². The molecule has 3 N–H and O–H groups in total. The molecule has 2 rings (SSSR count). The zero-order chi connectivity index (χ0) is 8.55. The molecule has 0 aromatic carbocycles. The first kappa shape index (κ1) is 7.09. The van der Waals surface area contributed by atoms with E-state index in [2.05, 4.69) is 5.43 Å². The largest absolute Gasteiger partial charge is 0.460 e. The van der Waals surface area contributed by atoms with Crippen molar-refractivity contribution in [2.75, 3.05) is 17.7 Å². The molecule has 0 amide bonds. The van der Waals surface area contributed by atoms with Crippen molar-refractivity contribution in [3.05, 3.63) is 18.5 Å². The van der Waals surface area contributed by atoms with Gasteiger partial charge >= 0.3 is 0 Å². The van der Waals surface area contributed by atoms with E-state index in [0.29, 0.717) is 5.69 Å². The van der Waals surface area contributed by atoms with Crippen LogP contribution in [0.15, 0.2) is 22.9 Å². The van der Waals surface area contributed by atoms with Gasteiger partial charge in [-0.3, -0.25) is 4.68 Å². The van der Waals surface area contributed by atoms with Gasteiger partial charge in [-0.1, -0.05) is 0 Å². The summed E-state index contributed by atoms with van der Waals surface area (Å²) in [5.41, 5.74) is 11.2. The van der Waals surface area contributed by atoms with E-state index >= 15 is 0 Å². The maximum Gasteiger partial charge on any atom is 0.176 e. The van der Waals surface area contributed by atoms with E-state index in [0.717, 1.165) is 17.6 Å². The Morgan fingerprint density at radius 2 is 2.50 bits per heavy atom. The van der Waals surface area contributed by atoms with E-state index in [4.69, 9.17) is 10.2 Å². The SMILES string of the molecule is CCNn1cc(N)c2occc21. The van der Waals surface area contributed by atoms with Crippen molar-refractivity contribution < 1.29 is 4.42 Å². The number of nitrogens with zero attached hydrogens (tertiary/aromatic N) is 1. The number of anilines is 1. The van der Waals surface area contributed by atoms with Crippen molar-refractivity contribution in [3.8, 4) is 0 Å². The summed E-state index contributed by atoms with van der Waals surface area (Å²) in [7, 11) is 0. The Balaban J connectivity index is 2.59. The topological polar surface area (TPSA) is 56.1 Å². The first-order valence-electron chi connectivity index (χ1n) is 3.91. The Bertz CT molecular complexity index is 388. The lowest BCUT2D eigenvalue weighted by Crippen LogP contribution is -2.11. The molecule has 0 unspecified atom stereocenters. The van der Waals surface area contributed by atoms with Crippen LogP contribution in [-0.4, -0.2) is 11.2 Å². The average Bonchev–Trinajstić information content (AvgIpc) is 2.58. The summed E-state index contributed by atoms with van der Waals surface area (Å²) in [5, 5.41) is 0. The van der Waals surface area contributed by atoms with Crippen molar-refractivity contribution in [1.82, 2.24) is 4.68 Å². The molecule has 0 spiro atoms. The summed E-state index contributed by atoms with van der Waals surface area (Å²) >= 11 is 0. The molecule has 12 heavy (non-hydrogen) atoms. The first-order chi connectivity index (χ1) is 5.83. The Morgan fingerprint density at radius 1 is 1.67 bits per heavy atom. The van der Waals surface area contributed by atoms with Gasteiger partial charge in [0.15, 0.2) is 5.58 Å². The van der Waals surface area contributed by atoms with Gasteiger partial charge in [0.25, 0.3) is 0 Å². The van der Waals surface area contributed by atoms with Crippen LogP contribution in [0.3, 0.4) is 0 Å². The van der Waals surface area contributed by atoms with Crippen LogP contribution in [0.5, 0.6) is 0 Å². The van der Waals surface area contributed by atoms with Gasteiger partial charge in [0, 0.05) is 12.6 Å². The van der Waals surface area contributed by atoms with Crippen LogP contribution in [0.2, 0.25) is 0 Å². The van der Waals surface area contributed by atoms with Crippen LogP contribution in [0.25, 0.3) is 11.1 Å². The van der Waals surface area contributed by atoms with E-state index in [-0.39, 0.29) is 0 Å². The summed E-state index contributed by atoms with van der Waals surface area (Å²) < 4.78 is 7.06. The molecule has 64 valence electrons. The fourth-order valence-corrected chi connectivity index (χ4v) is 1.28. The van der Waals surface area contributed by atoms with Crippen LogP contribution in [0.1, 0.15) is 6.92 Å². The maximum absolute atomic E-state index is 5.70. The third kappa shape index (κ3) is 0.845. The smallest absolute Gasteiger partial charge is 0.176 e. The van der Waals surface area contributed by atoms with Gasteiger partial charge in [0.1, 0.15) is 5.52 Å². The quantitative estimate of drug-likeness (QED) is 0.706. The van der Waals surface area contributed by atoms with Gasteiger partial charge in [0.2, 0.25) is 0 Å². The molecule has 0 aliphatic carbocycles. The highest BCUT2D eigenvalue weighted by atomic mass is 16.3. The number of nitrogens with two attached hydrogens (primary N) is 1. The van der Waals surface area contributed by atoms with E-state index < -0.39 is 0 Å². The first-order valence-corrected chi connectivity index (χ1v) is 3.91. The third-order valence-corrected chi connectivity index (χ3v) is 1.76. The Labute approximate surface area is 69.9 Å². The number of rotatable bonds is 2. The number of nitrogen functional groups attached to an aromatic ring is 1. The Kier molecular flexibility index (Phi) is 1.46. The lowest BCUT2D eigenvalue weighted by atomic mass is 10.4. The van der Waals surface area contributed by atoms with Crippen LogP contribution in [-0.2, 0) is 0 Å². The minimum atomic E-state index is 0.663. The predicted octanol–water partition coefficient (Wildman–Crippen LogP) is 1.38. The highest BCUT2D eigenvalue weighted by molar-refractivity contribution is 5.86. The van der Waals surface area contributed by atoms with Gasteiger partial charge in [0.05, 0.1) is 18.1 Å². The lowest BCUT2D eigenvalue weighted by molar-refractivity contribution is 0.617. The molecule has 2 aromatic heterocycles. The highest BCUT2D eigenvalue weighted by Crippen LogP contribution is 2.22. The molecule has 0 saturated carbocycles. The van der Waals surface area contributed by atoms with E-state index in [1.54, 1.807) is 6.26 Å². The zero-order valence-corrected chi connectivity index (χ0v) is 6.87. The molecule has 0 saturated heterocycles. The van der Waals surface area contributed by atoms with Gasteiger partial charge in [-0.05, 0) is 6.92 Å². The maximum atomic E-state index is 5.70. The monoisotopic (exact) mass is 165 g/mol. The highest BCUT2D eigenvalue weighted by Gasteiger charge is 2.07. The van der Waals surface area contributed by atoms with Gasteiger partial charge < -0.3 is 15.6 Å². The second-order valence-electron chi connectivity index (χ2n) is 2.60. The van der Waals surface area contributed by atoms with Crippen LogP contribution in [0, 0.1) is 0 Å². The normalized spacial score (nSPS) is 10.8. The van der Waals surface area contributed by atoms with Crippen LogP contribution < -0.4 is 11.2 Å². The van der Waals surface area contributed by atoms with Gasteiger partial charge in [-0.15, -0.1) is 0 Å². The molecular weight excluding hydrogens is 154 g/mol. The number of furan rings is 1. The number of fused-ring (bicyclic) bond motifs is 1. The second kappa shape index (κ2) is 2.48. The standard InChI is InChI=1S/C8H11N3O/c1-2-10-11-5-6(9)8-7(11)3-4-12-8/h3-5,10H,2,9H2,1H3. The molecule has 2 heterocycles. The predicted molar refractivity (Wildman–Crippen MR) is 48.5 cm³/mol. The molecule has 2 aromatic rings. The molecule has 0 bridgehead atoms. The summed E-state index contributed by atoms with van der Waals surface area (Å²) in [4.78, 5) is 0. The lowest BCUT2D eigenvalue weighted by Gasteiger charge is -2.02. The number of nitrogens with one attached hydrogen (secondary N) is 1. The molecular formula is C8H11N3O. The average molecular weight is 165 g/mol. The molecule has 0 fully saturated rings. The molecule has 0 atom stereocenters.